The number of amides is 4. The van der Waals surface area contributed by atoms with E-state index in [1.807, 2.05) is 36.4 Å². The van der Waals surface area contributed by atoms with Crippen molar-refractivity contribution in [2.75, 3.05) is 25.5 Å². The third-order valence-electron chi connectivity index (χ3n) is 6.07. The number of nitrogens with zero attached hydrogens (tertiary/aromatic N) is 2. The predicted molar refractivity (Wildman–Crippen MR) is 136 cm³/mol. The van der Waals surface area contributed by atoms with E-state index in [1.54, 1.807) is 13.2 Å². The van der Waals surface area contributed by atoms with E-state index in [2.05, 4.69) is 15.6 Å². The van der Waals surface area contributed by atoms with Crippen LogP contribution in [0, 0.1) is 0 Å². The average Bonchev–Trinajstić information content (AvgIpc) is 3.33. The SMILES string of the molecule is COC1=CCCC2=C(C=C1)CN(CC(CC(=O)Nc1nc3ccccc3s1)(NC(C)=O)C(N)=O)C2=O. The van der Waals surface area contributed by atoms with Gasteiger partial charge in [0.05, 0.1) is 30.3 Å². The van der Waals surface area contributed by atoms with Gasteiger partial charge in [0.15, 0.2) is 5.13 Å². The summed E-state index contributed by atoms with van der Waals surface area (Å²) in [5, 5.41) is 5.60. The number of hydrogen-bond donors (Lipinski definition) is 3. The first-order valence-electron chi connectivity index (χ1n) is 11.4. The number of carbonyl (C=O) groups excluding carboxylic acids is 4. The van der Waals surface area contributed by atoms with Crippen LogP contribution in [-0.2, 0) is 23.9 Å². The molecule has 0 spiro atoms. The molecule has 0 saturated carbocycles. The molecule has 2 heterocycles. The number of para-hydroxylation sites is 1. The predicted octanol–water partition coefficient (Wildman–Crippen LogP) is 2.00. The number of nitrogens with two attached hydrogens (primary N) is 1. The number of fused-ring (bicyclic) bond motifs is 1. The second kappa shape index (κ2) is 10.3. The molecule has 0 bridgehead atoms. The van der Waals surface area contributed by atoms with Crippen molar-refractivity contribution in [3.8, 4) is 0 Å². The Morgan fingerprint density at radius 3 is 2.72 bits per heavy atom. The molecule has 11 heteroatoms. The van der Waals surface area contributed by atoms with Crippen LogP contribution >= 0.6 is 11.3 Å². The molecule has 188 valence electrons. The lowest BCUT2D eigenvalue weighted by atomic mass is 9.92. The largest absolute Gasteiger partial charge is 0.497 e. The summed E-state index contributed by atoms with van der Waals surface area (Å²) in [5.41, 5.74) is 6.08. The summed E-state index contributed by atoms with van der Waals surface area (Å²) >= 11 is 1.29. The quantitative estimate of drug-likeness (QED) is 0.497. The number of nitrogens with one attached hydrogen (secondary N) is 2. The molecule has 4 amide bonds. The second-order valence-electron chi connectivity index (χ2n) is 8.69. The molecule has 4 rings (SSSR count). The molecule has 4 N–H and O–H groups in total. The number of primary amides is 1. The molecule has 10 nitrogen and oxygen atoms in total. The van der Waals surface area contributed by atoms with Gasteiger partial charge in [0.1, 0.15) is 11.3 Å². The zero-order valence-corrected chi connectivity index (χ0v) is 20.8. The molecule has 2 aromatic rings. The lowest BCUT2D eigenvalue weighted by Gasteiger charge is -2.34. The molecule has 36 heavy (non-hydrogen) atoms. The molecular formula is C25H27N5O5S. The van der Waals surface area contributed by atoms with Gasteiger partial charge in [-0.3, -0.25) is 19.2 Å². The van der Waals surface area contributed by atoms with Crippen LogP contribution in [0.4, 0.5) is 5.13 Å². The Balaban J connectivity index is 1.54. The Bertz CT molecular complexity index is 1290. The van der Waals surface area contributed by atoms with Crippen LogP contribution in [0.25, 0.3) is 10.2 Å². The fourth-order valence-corrected chi connectivity index (χ4v) is 5.28. The van der Waals surface area contributed by atoms with E-state index in [9.17, 15) is 19.2 Å². The van der Waals surface area contributed by atoms with E-state index < -0.39 is 29.7 Å². The molecule has 1 unspecified atom stereocenters. The first-order valence-corrected chi connectivity index (χ1v) is 12.2. The first-order chi connectivity index (χ1) is 17.2. The highest BCUT2D eigenvalue weighted by molar-refractivity contribution is 7.22. The summed E-state index contributed by atoms with van der Waals surface area (Å²) in [4.78, 5) is 56.8. The van der Waals surface area contributed by atoms with Crippen LogP contribution in [0.5, 0.6) is 0 Å². The number of anilines is 1. The zero-order chi connectivity index (χ0) is 25.9. The van der Waals surface area contributed by atoms with Crippen LogP contribution < -0.4 is 16.4 Å². The van der Waals surface area contributed by atoms with Gasteiger partial charge in [0.2, 0.25) is 17.7 Å². The number of hydrogen-bond acceptors (Lipinski definition) is 7. The number of ether oxygens (including phenoxy) is 1. The average molecular weight is 510 g/mol. The van der Waals surface area contributed by atoms with Gasteiger partial charge in [-0.1, -0.05) is 29.5 Å². The smallest absolute Gasteiger partial charge is 0.250 e. The van der Waals surface area contributed by atoms with Crippen molar-refractivity contribution in [3.05, 3.63) is 59.4 Å². The Hall–Kier alpha value is -3.99. The van der Waals surface area contributed by atoms with Gasteiger partial charge >= 0.3 is 0 Å². The molecule has 0 saturated heterocycles. The lowest BCUT2D eigenvalue weighted by Crippen LogP contribution is -2.64. The van der Waals surface area contributed by atoms with Gasteiger partial charge in [0, 0.05) is 19.0 Å². The van der Waals surface area contributed by atoms with Crippen molar-refractivity contribution in [1.29, 1.82) is 0 Å². The minimum Gasteiger partial charge on any atom is -0.497 e. The monoisotopic (exact) mass is 509 g/mol. The highest BCUT2D eigenvalue weighted by atomic mass is 32.1. The third kappa shape index (κ3) is 5.30. The fraction of sp³-hybridized carbons (Fsp3) is 0.320. The van der Waals surface area contributed by atoms with Crippen molar-refractivity contribution in [2.24, 2.45) is 5.73 Å². The number of thiazole rings is 1. The molecule has 1 aliphatic carbocycles. The lowest BCUT2D eigenvalue weighted by molar-refractivity contribution is -0.137. The third-order valence-corrected chi connectivity index (χ3v) is 7.02. The number of rotatable bonds is 8. The molecule has 1 aromatic heterocycles. The van der Waals surface area contributed by atoms with Crippen molar-refractivity contribution < 1.29 is 23.9 Å². The summed E-state index contributed by atoms with van der Waals surface area (Å²) in [7, 11) is 1.58. The first kappa shape index (κ1) is 25.1. The summed E-state index contributed by atoms with van der Waals surface area (Å²) in [6.45, 7) is 1.20. The summed E-state index contributed by atoms with van der Waals surface area (Å²) in [6, 6.07) is 7.41. The van der Waals surface area contributed by atoms with Gasteiger partial charge in [-0.2, -0.15) is 0 Å². The van der Waals surface area contributed by atoms with Gasteiger partial charge in [-0.25, -0.2) is 4.98 Å². The zero-order valence-electron chi connectivity index (χ0n) is 20.0. The number of aromatic nitrogens is 1. The van der Waals surface area contributed by atoms with Crippen molar-refractivity contribution in [2.45, 2.75) is 31.7 Å². The molecule has 1 aromatic carbocycles. The highest BCUT2D eigenvalue weighted by Crippen LogP contribution is 2.30. The van der Waals surface area contributed by atoms with Crippen LogP contribution in [-0.4, -0.2) is 59.3 Å². The fourth-order valence-electron chi connectivity index (χ4n) is 4.40. The maximum absolute atomic E-state index is 13.2. The van der Waals surface area contributed by atoms with Crippen molar-refractivity contribution >= 4 is 50.3 Å². The molecule has 2 aliphatic rings. The highest BCUT2D eigenvalue weighted by Gasteiger charge is 2.44. The normalized spacial score (nSPS) is 17.1. The van der Waals surface area contributed by atoms with E-state index in [4.69, 9.17) is 10.5 Å². The molecule has 1 atom stereocenters. The number of allylic oxidation sites excluding steroid dienone is 2. The number of methoxy groups -OCH3 is 1. The Morgan fingerprint density at radius 1 is 1.25 bits per heavy atom. The van der Waals surface area contributed by atoms with E-state index in [0.717, 1.165) is 15.8 Å². The Morgan fingerprint density at radius 2 is 2.03 bits per heavy atom. The second-order valence-corrected chi connectivity index (χ2v) is 9.72. The standard InChI is InChI=1S/C25H27N5O5S/c1-15(31)29-25(23(26)34,12-21(32)28-24-27-19-8-3-4-9-20(19)36-24)14-30-13-16-10-11-17(35-2)6-5-7-18(16)22(30)33/h3-4,6,8-11H,5,7,12-14H2,1-2H3,(H2,26,34)(H,29,31)(H,27,28,32). The molecular weight excluding hydrogens is 482 g/mol. The van der Waals surface area contributed by atoms with Crippen LogP contribution in [0.2, 0.25) is 0 Å². The topological polar surface area (TPSA) is 144 Å². The van der Waals surface area contributed by atoms with Crippen molar-refractivity contribution in [1.82, 2.24) is 15.2 Å². The van der Waals surface area contributed by atoms with Crippen LogP contribution in [0.15, 0.2) is 59.4 Å². The summed E-state index contributed by atoms with van der Waals surface area (Å²) in [6.07, 6.45) is 6.15. The Labute approximate surface area is 211 Å². The molecule has 0 fully saturated rings. The van der Waals surface area contributed by atoms with E-state index in [0.29, 0.717) is 29.3 Å². The van der Waals surface area contributed by atoms with E-state index in [1.165, 1.54) is 23.2 Å². The number of carbonyl (C=O) groups is 4. The minimum absolute atomic E-state index is 0.218. The molecule has 1 aliphatic heterocycles. The maximum Gasteiger partial charge on any atom is 0.250 e. The Kier molecular flexibility index (Phi) is 7.20. The van der Waals surface area contributed by atoms with Crippen molar-refractivity contribution in [3.63, 3.8) is 0 Å². The maximum atomic E-state index is 13.2. The summed E-state index contributed by atoms with van der Waals surface area (Å²) in [5.74, 6) is -1.58. The summed E-state index contributed by atoms with van der Waals surface area (Å²) < 4.78 is 6.18. The van der Waals surface area contributed by atoms with Crippen LogP contribution in [0.3, 0.4) is 0 Å². The minimum atomic E-state index is -1.80. The van der Waals surface area contributed by atoms with Crippen LogP contribution in [0.1, 0.15) is 26.2 Å². The number of benzene rings is 1. The van der Waals surface area contributed by atoms with E-state index in [-0.39, 0.29) is 19.0 Å². The van der Waals surface area contributed by atoms with Gasteiger partial charge in [-0.15, -0.1) is 0 Å². The van der Waals surface area contributed by atoms with Gasteiger partial charge in [-0.05, 0) is 42.7 Å². The molecule has 0 radical (unpaired) electrons. The van der Waals surface area contributed by atoms with E-state index >= 15 is 0 Å². The van der Waals surface area contributed by atoms with Gasteiger partial charge < -0.3 is 26.0 Å². The van der Waals surface area contributed by atoms with Gasteiger partial charge in [0.25, 0.3) is 5.91 Å².